The molecule has 1 nitrogen and oxygen atoms in total. The maximum absolute atomic E-state index is 4.28. The maximum Gasteiger partial charge on any atom is 0.0349 e. The molecule has 1 fully saturated rings. The quantitative estimate of drug-likeness (QED) is 0.707. The van der Waals surface area contributed by atoms with E-state index in [-0.39, 0.29) is 0 Å². The van der Waals surface area contributed by atoms with Crippen molar-refractivity contribution >= 4 is 26.7 Å². The number of benzene rings is 1. The summed E-state index contributed by atoms with van der Waals surface area (Å²) in [6.07, 6.45) is 7.64. The zero-order valence-electron chi connectivity index (χ0n) is 9.99. The zero-order valence-corrected chi connectivity index (χ0v) is 11.6. The van der Waals surface area contributed by atoms with E-state index in [0.717, 1.165) is 0 Å². The lowest BCUT2D eigenvalue weighted by Crippen LogP contribution is -2.18. The van der Waals surface area contributed by atoms with Crippen LogP contribution in [-0.2, 0) is 5.41 Å². The van der Waals surface area contributed by atoms with E-state index in [9.17, 15) is 0 Å². The summed E-state index contributed by atoms with van der Waals surface area (Å²) in [6, 6.07) is 8.72. The van der Waals surface area contributed by atoms with Crippen LogP contribution in [0.15, 0.2) is 36.7 Å². The van der Waals surface area contributed by atoms with Gasteiger partial charge >= 0.3 is 0 Å². The first-order valence-electron chi connectivity index (χ1n) is 6.16. The highest BCUT2D eigenvalue weighted by Crippen LogP contribution is 2.45. The van der Waals surface area contributed by atoms with Crippen molar-refractivity contribution < 1.29 is 0 Å². The summed E-state index contributed by atoms with van der Waals surface area (Å²) >= 11 is 3.76. The van der Waals surface area contributed by atoms with Gasteiger partial charge in [-0.3, -0.25) is 4.98 Å². The first-order chi connectivity index (χ1) is 8.19. The lowest BCUT2D eigenvalue weighted by Gasteiger charge is -2.26. The molecule has 1 aliphatic carbocycles. The van der Waals surface area contributed by atoms with Gasteiger partial charge in [0.15, 0.2) is 0 Å². The maximum atomic E-state index is 4.28. The third kappa shape index (κ3) is 1.89. The minimum Gasteiger partial charge on any atom is -0.264 e. The molecule has 1 aromatic heterocycles. The number of nitrogens with zero attached hydrogens (tertiary/aromatic N) is 1. The molecular formula is C15H16BrN. The molecule has 2 unspecified atom stereocenters. The van der Waals surface area contributed by atoms with Crippen molar-refractivity contribution in [1.29, 1.82) is 0 Å². The Kier molecular flexibility index (Phi) is 2.70. The standard InChI is InChI=1S/C15H16BrN/c1-15(7-5-12(16)9-15)14-4-2-3-11-6-8-17-10-13(11)14/h2-4,6,8,10,12H,5,7,9H2,1H3. The van der Waals surface area contributed by atoms with Crippen LogP contribution in [0.25, 0.3) is 10.8 Å². The Morgan fingerprint density at radius 3 is 3.00 bits per heavy atom. The Labute approximate surface area is 110 Å². The summed E-state index contributed by atoms with van der Waals surface area (Å²) in [7, 11) is 0. The van der Waals surface area contributed by atoms with Crippen molar-refractivity contribution in [3.8, 4) is 0 Å². The molecule has 1 aromatic carbocycles. The molecule has 2 aromatic rings. The molecule has 88 valence electrons. The van der Waals surface area contributed by atoms with Gasteiger partial charge in [-0.15, -0.1) is 0 Å². The molecule has 1 heterocycles. The minimum absolute atomic E-state index is 0.302. The van der Waals surface area contributed by atoms with Gasteiger partial charge < -0.3 is 0 Å². The second kappa shape index (κ2) is 4.09. The fourth-order valence-electron chi connectivity index (χ4n) is 3.05. The van der Waals surface area contributed by atoms with Gasteiger partial charge in [0.1, 0.15) is 0 Å². The van der Waals surface area contributed by atoms with Crippen LogP contribution in [0.5, 0.6) is 0 Å². The average Bonchev–Trinajstić information content (AvgIpc) is 2.70. The Morgan fingerprint density at radius 2 is 2.24 bits per heavy atom. The Hall–Kier alpha value is -0.890. The summed E-state index contributed by atoms with van der Waals surface area (Å²) in [5, 5.41) is 2.62. The fourth-order valence-corrected chi connectivity index (χ4v) is 4.00. The molecule has 0 radical (unpaired) electrons. The Bertz CT molecular complexity index is 546. The fraction of sp³-hybridized carbons (Fsp3) is 0.400. The minimum atomic E-state index is 0.302. The number of hydrogen-bond donors (Lipinski definition) is 0. The largest absolute Gasteiger partial charge is 0.264 e. The van der Waals surface area contributed by atoms with Gasteiger partial charge in [0.05, 0.1) is 0 Å². The molecule has 0 saturated heterocycles. The highest BCUT2D eigenvalue weighted by atomic mass is 79.9. The third-order valence-corrected chi connectivity index (χ3v) is 4.80. The van der Waals surface area contributed by atoms with Gasteiger partial charge in [-0.2, -0.15) is 0 Å². The van der Waals surface area contributed by atoms with Crippen LogP contribution in [0.3, 0.4) is 0 Å². The molecule has 1 saturated carbocycles. The van der Waals surface area contributed by atoms with Crippen molar-refractivity contribution in [2.75, 3.05) is 0 Å². The van der Waals surface area contributed by atoms with Gasteiger partial charge in [0.2, 0.25) is 0 Å². The summed E-state index contributed by atoms with van der Waals surface area (Å²) in [5.41, 5.74) is 1.77. The van der Waals surface area contributed by atoms with Crippen LogP contribution in [0, 0.1) is 0 Å². The van der Waals surface area contributed by atoms with Crippen LogP contribution in [-0.4, -0.2) is 9.81 Å². The first kappa shape index (κ1) is 11.2. The number of rotatable bonds is 1. The molecule has 1 aliphatic rings. The molecule has 2 heteroatoms. The summed E-state index contributed by atoms with van der Waals surface area (Å²) in [5.74, 6) is 0. The molecule has 0 spiro atoms. The van der Waals surface area contributed by atoms with Gasteiger partial charge in [-0.05, 0) is 41.7 Å². The highest BCUT2D eigenvalue weighted by molar-refractivity contribution is 9.09. The van der Waals surface area contributed by atoms with E-state index in [1.54, 1.807) is 0 Å². The van der Waals surface area contributed by atoms with Crippen molar-refractivity contribution in [1.82, 2.24) is 4.98 Å². The number of aromatic nitrogens is 1. The number of pyridine rings is 1. The number of halogens is 1. The van der Waals surface area contributed by atoms with E-state index in [0.29, 0.717) is 10.2 Å². The number of fused-ring (bicyclic) bond motifs is 1. The SMILES string of the molecule is CC1(c2cccc3ccncc23)CCC(Br)C1. The van der Waals surface area contributed by atoms with E-state index < -0.39 is 0 Å². The van der Waals surface area contributed by atoms with Crippen molar-refractivity contribution in [2.45, 2.75) is 36.4 Å². The van der Waals surface area contributed by atoms with Crippen LogP contribution in [0.4, 0.5) is 0 Å². The van der Waals surface area contributed by atoms with Crippen LogP contribution in [0.2, 0.25) is 0 Å². The topological polar surface area (TPSA) is 12.9 Å². The van der Waals surface area contributed by atoms with Gasteiger partial charge in [0.25, 0.3) is 0 Å². The smallest absolute Gasteiger partial charge is 0.0349 e. The second-order valence-corrected chi connectivity index (χ2v) is 6.60. The zero-order chi connectivity index (χ0) is 11.9. The van der Waals surface area contributed by atoms with Crippen LogP contribution >= 0.6 is 15.9 Å². The highest BCUT2D eigenvalue weighted by Gasteiger charge is 2.36. The van der Waals surface area contributed by atoms with E-state index in [1.807, 2.05) is 12.4 Å². The predicted octanol–water partition coefficient (Wildman–Crippen LogP) is 4.44. The average molecular weight is 290 g/mol. The van der Waals surface area contributed by atoms with E-state index in [1.165, 1.54) is 35.6 Å². The van der Waals surface area contributed by atoms with Crippen molar-refractivity contribution in [3.05, 3.63) is 42.2 Å². The molecule has 0 N–H and O–H groups in total. The predicted molar refractivity (Wildman–Crippen MR) is 75.7 cm³/mol. The van der Waals surface area contributed by atoms with E-state index >= 15 is 0 Å². The molecule has 3 rings (SSSR count). The Balaban J connectivity index is 2.17. The molecule has 0 aliphatic heterocycles. The van der Waals surface area contributed by atoms with Gasteiger partial charge in [-0.1, -0.05) is 41.1 Å². The lowest BCUT2D eigenvalue weighted by atomic mass is 9.79. The number of hydrogen-bond acceptors (Lipinski definition) is 1. The third-order valence-electron chi connectivity index (χ3n) is 4.02. The molecule has 0 bridgehead atoms. The first-order valence-corrected chi connectivity index (χ1v) is 7.08. The number of alkyl halides is 1. The van der Waals surface area contributed by atoms with E-state index in [4.69, 9.17) is 0 Å². The van der Waals surface area contributed by atoms with Gasteiger partial charge in [0, 0.05) is 22.6 Å². The van der Waals surface area contributed by atoms with Crippen LogP contribution in [0.1, 0.15) is 31.7 Å². The lowest BCUT2D eigenvalue weighted by molar-refractivity contribution is 0.497. The van der Waals surface area contributed by atoms with Crippen LogP contribution < -0.4 is 0 Å². The molecule has 2 atom stereocenters. The van der Waals surface area contributed by atoms with E-state index in [2.05, 4.69) is 52.1 Å². The normalized spacial score (nSPS) is 28.7. The summed E-state index contributed by atoms with van der Waals surface area (Å²) in [4.78, 5) is 4.95. The molecular weight excluding hydrogens is 274 g/mol. The summed E-state index contributed by atoms with van der Waals surface area (Å²) in [6.45, 7) is 2.38. The monoisotopic (exact) mass is 289 g/mol. The van der Waals surface area contributed by atoms with Crippen molar-refractivity contribution in [3.63, 3.8) is 0 Å². The molecule has 17 heavy (non-hydrogen) atoms. The van der Waals surface area contributed by atoms with Crippen molar-refractivity contribution in [2.24, 2.45) is 0 Å². The van der Waals surface area contributed by atoms with Gasteiger partial charge in [-0.25, -0.2) is 0 Å². The summed E-state index contributed by atoms with van der Waals surface area (Å²) < 4.78 is 0. The molecule has 0 amide bonds. The second-order valence-electron chi connectivity index (χ2n) is 5.30. The Morgan fingerprint density at radius 1 is 1.35 bits per heavy atom.